The average molecular weight is 1860 g/mol. The van der Waals surface area contributed by atoms with E-state index >= 15 is 0 Å². The van der Waals surface area contributed by atoms with Crippen molar-refractivity contribution in [3.8, 4) is 11.3 Å². The van der Waals surface area contributed by atoms with Crippen molar-refractivity contribution in [1.82, 2.24) is 80.3 Å². The van der Waals surface area contributed by atoms with Crippen LogP contribution in [-0.2, 0) is 84.5 Å². The Labute approximate surface area is 782 Å². The second-order valence-electron chi connectivity index (χ2n) is 36.4. The van der Waals surface area contributed by atoms with Crippen LogP contribution in [0.3, 0.4) is 0 Å². The quantitative estimate of drug-likeness (QED) is 0.00988. The van der Waals surface area contributed by atoms with Crippen molar-refractivity contribution in [3.05, 3.63) is 114 Å². The number of nitrogen functional groups attached to an aromatic ring is 1. The van der Waals surface area contributed by atoms with E-state index in [1.54, 1.807) is 71.9 Å². The van der Waals surface area contributed by atoms with Gasteiger partial charge in [-0.05, 0) is 132 Å². The van der Waals surface area contributed by atoms with Gasteiger partial charge in [0.15, 0.2) is 11.4 Å². The fourth-order valence-corrected chi connectivity index (χ4v) is 18.5. The molecule has 728 valence electrons. The minimum atomic E-state index is -2.50. The zero-order chi connectivity index (χ0) is 95.5. The summed E-state index contributed by atoms with van der Waals surface area (Å²) in [5.41, 5.74) is 11.5. The van der Waals surface area contributed by atoms with Crippen LogP contribution in [0.1, 0.15) is 167 Å². The number of hydrogen-bond donors (Lipinski definition) is 7. The topological polar surface area (TPSA) is 470 Å². The van der Waals surface area contributed by atoms with E-state index < -0.39 is 102 Å². The standard InChI is InChI=1S/C96H135N19O19/c1-60-18-12-11-13-19-61(2)76(127-8)51-72-23-21-66(7)96(126,134-72)86(121)91(123)114-31-16-14-20-73(114)92(124)132-77(52-74(116)62(3)47-65(6)84(120)85(129-10)83(119)64(5)46-60)63(4)48-67-22-24-75(78(49-67)128-9)133-95(125)100-30-44-130-42-26-79(117)101-53-68-54-103-93(104-55-68)113-39-37-111(38-40-113)80(118)27-43-131-45-41-110-33-35-112(36-34-110)94-105-57-71(58-106-94)90(122)99-28-15-17-32-115-89-81(87(97)107-59-108-89)82(109-115)70-50-69-25-29-98-88(69)102-56-70/h11-13,18-19,25,29,47,50,54-60,62-64,66-67,72-73,75-78,84-85,120,126H,14-17,20-24,26-28,30-46,48-49,51-53H2,1-10H3,(H,98,102)(H,99,122)(H,100,125)(H,101,117)(H2,97,107,108)/b13-11+,18-12+,61-19+,65-47+/t60-,62-,63-,64-,66-,67+,72+,73+,75-,76+,77+,78-,84-,85+,96-/m1/s1. The van der Waals surface area contributed by atoms with Crippen LogP contribution in [0.25, 0.3) is 33.3 Å². The van der Waals surface area contributed by atoms with E-state index in [-0.39, 0.29) is 106 Å². The maximum absolute atomic E-state index is 14.8. The maximum atomic E-state index is 14.8. The summed E-state index contributed by atoms with van der Waals surface area (Å²) < 4.78 is 49.4. The number of aromatic nitrogens is 10. The lowest BCUT2D eigenvalue weighted by atomic mass is 9.78. The highest BCUT2D eigenvalue weighted by Gasteiger charge is 2.53. The number of Topliss-reactive ketones (excluding diaryl/α,β-unsaturated/α-hetero) is 3. The largest absolute Gasteiger partial charge is 0.460 e. The van der Waals surface area contributed by atoms with Crippen LogP contribution in [0.5, 0.6) is 0 Å². The SMILES string of the molecule is CO[C@H]1C[C@@H]2CC[C@@H](C)[C@@](O)(O2)C(=O)C(=O)N2CCCC[C@H]2C(=O)O[C@H]([C@H](C)C[C@@H]2CC[C@@H](OC(=O)NCCOCCC(=O)NCc3cnc(N4CCN(C(=O)CCOCCN5CCN(c6ncc(C(=O)NCCCCn7nc(-c8cnc9[nH]ccc9c8)c8c(N)ncnc87)cn6)CC5)CC4)nc3)[C@H](OC)C2)CC(=O)[C@H](C)/C=C(\C)[C@@H](O)[C@@H](OC)C(=O)[C@H](C)C[C@H](C)/C=C/C=C/C=C/1C. The van der Waals surface area contributed by atoms with Crippen molar-refractivity contribution in [2.75, 3.05) is 142 Å². The van der Waals surface area contributed by atoms with Crippen molar-refractivity contribution in [2.45, 2.75) is 219 Å². The van der Waals surface area contributed by atoms with Gasteiger partial charge in [-0.2, -0.15) is 5.10 Å². The number of alkyl carbamates (subject to hydrolysis) is 1. The highest BCUT2D eigenvalue weighted by molar-refractivity contribution is 6.39. The van der Waals surface area contributed by atoms with Crippen LogP contribution in [0.15, 0.2) is 103 Å². The van der Waals surface area contributed by atoms with Crippen LogP contribution < -0.4 is 31.5 Å². The zero-order valence-electron chi connectivity index (χ0n) is 79.0. The number of carbonyl (C=O) groups is 9. The summed E-state index contributed by atoms with van der Waals surface area (Å²) in [6, 6.07) is 2.73. The molecule has 38 heteroatoms. The number of ether oxygens (including phenoxy) is 8. The van der Waals surface area contributed by atoms with Gasteiger partial charge in [-0.1, -0.05) is 71.1 Å². The number of piperazine rings is 2. The fraction of sp³-hybridized carbons (Fsp3) is 0.615. The molecule has 1 saturated carbocycles. The minimum absolute atomic E-state index is 0.0223. The normalized spacial score (nSPS) is 27.1. The lowest BCUT2D eigenvalue weighted by molar-refractivity contribution is -0.265. The molecule has 11 heterocycles. The van der Waals surface area contributed by atoms with E-state index in [0.717, 1.165) is 48.2 Å². The smallest absolute Gasteiger partial charge is 0.407 e. The third-order valence-electron chi connectivity index (χ3n) is 26.7. The number of aliphatic hydroxyl groups excluding tert-OH is 1. The van der Waals surface area contributed by atoms with Crippen molar-refractivity contribution in [2.24, 2.45) is 35.5 Å². The van der Waals surface area contributed by atoms with Gasteiger partial charge in [0.25, 0.3) is 17.6 Å². The van der Waals surface area contributed by atoms with Gasteiger partial charge in [0.1, 0.15) is 59.7 Å². The van der Waals surface area contributed by atoms with E-state index in [4.69, 9.17) is 48.7 Å². The second-order valence-corrected chi connectivity index (χ2v) is 36.4. The molecule has 1 aliphatic carbocycles. The molecule has 15 atom stereocenters. The molecular formula is C96H135N19O19. The van der Waals surface area contributed by atoms with Crippen LogP contribution in [0.4, 0.5) is 22.5 Å². The van der Waals surface area contributed by atoms with Gasteiger partial charge in [-0.15, -0.1) is 0 Å². The third-order valence-corrected chi connectivity index (χ3v) is 26.7. The Morgan fingerprint density at radius 1 is 0.716 bits per heavy atom. The number of amides is 5. The minimum Gasteiger partial charge on any atom is -0.460 e. The van der Waals surface area contributed by atoms with Crippen LogP contribution >= 0.6 is 0 Å². The summed E-state index contributed by atoms with van der Waals surface area (Å²) in [4.78, 5) is 169. The van der Waals surface area contributed by atoms with E-state index in [9.17, 15) is 53.4 Å². The van der Waals surface area contributed by atoms with Gasteiger partial charge < -0.3 is 94.4 Å². The zero-order valence-corrected chi connectivity index (χ0v) is 79.0. The molecule has 6 aromatic heterocycles. The third kappa shape index (κ3) is 27.5. The number of anilines is 3. The summed E-state index contributed by atoms with van der Waals surface area (Å²) in [6.45, 7) is 20.7. The van der Waals surface area contributed by atoms with Gasteiger partial charge in [0, 0.05) is 204 Å². The Morgan fingerprint density at radius 3 is 2.19 bits per heavy atom. The molecule has 5 aliphatic heterocycles. The molecule has 12 rings (SSSR count). The number of pyridine rings is 1. The van der Waals surface area contributed by atoms with Crippen LogP contribution in [-0.4, -0.2) is 308 Å². The highest BCUT2D eigenvalue weighted by Crippen LogP contribution is 2.40. The fourth-order valence-electron chi connectivity index (χ4n) is 18.5. The molecular weight excluding hydrogens is 1720 g/mol. The van der Waals surface area contributed by atoms with Gasteiger partial charge in [0.2, 0.25) is 29.5 Å². The van der Waals surface area contributed by atoms with Gasteiger partial charge in [-0.3, -0.25) is 38.5 Å². The number of ketones is 3. The lowest BCUT2D eigenvalue weighted by Gasteiger charge is -2.42. The molecule has 2 bridgehead atoms. The first-order chi connectivity index (χ1) is 64.6. The Balaban J connectivity index is 0.516. The maximum Gasteiger partial charge on any atom is 0.407 e. The van der Waals surface area contributed by atoms with Crippen molar-refractivity contribution in [1.29, 1.82) is 0 Å². The van der Waals surface area contributed by atoms with E-state index in [1.165, 1.54) is 25.4 Å². The van der Waals surface area contributed by atoms with Crippen molar-refractivity contribution in [3.63, 3.8) is 0 Å². The van der Waals surface area contributed by atoms with E-state index in [1.807, 2.05) is 84.0 Å². The molecule has 134 heavy (non-hydrogen) atoms. The number of nitrogens with one attached hydrogen (secondary N) is 4. The number of piperidine rings is 1. The predicted octanol–water partition coefficient (Wildman–Crippen LogP) is 7.57. The Hall–Kier alpha value is -11.0. The number of rotatable bonds is 30. The number of hydrogen-bond acceptors (Lipinski definition) is 31. The molecule has 6 aromatic rings. The molecule has 0 unspecified atom stereocenters. The number of aromatic amines is 1. The van der Waals surface area contributed by atoms with Crippen molar-refractivity contribution < 1.29 is 91.3 Å². The van der Waals surface area contributed by atoms with Gasteiger partial charge in [-0.25, -0.2) is 49.2 Å². The van der Waals surface area contributed by atoms with E-state index in [0.29, 0.717) is 181 Å². The summed E-state index contributed by atoms with van der Waals surface area (Å²) in [6.07, 6.45) is 22.1. The molecule has 8 N–H and O–H groups in total. The summed E-state index contributed by atoms with van der Waals surface area (Å²) >= 11 is 0. The average Bonchev–Trinajstić information content (AvgIpc) is 1.59. The van der Waals surface area contributed by atoms with E-state index in [2.05, 4.69) is 65.6 Å². The number of allylic oxidation sites excluding steroid dienone is 6. The Kier molecular flexibility index (Phi) is 37.7. The molecule has 0 spiro atoms. The Bertz CT molecular complexity index is 5070. The number of H-pyrrole nitrogens is 1. The number of methoxy groups -OCH3 is 3. The van der Waals surface area contributed by atoms with Gasteiger partial charge >= 0.3 is 12.1 Å². The van der Waals surface area contributed by atoms with Gasteiger partial charge in [0.05, 0.1) is 62.1 Å². The number of fused-ring (bicyclic) bond motifs is 5. The first-order valence-electron chi connectivity index (χ1n) is 47.3. The number of unbranched alkanes of at least 4 members (excludes halogenated alkanes) is 1. The number of esters is 1. The molecule has 0 aromatic carbocycles. The lowest BCUT2D eigenvalue weighted by Crippen LogP contribution is -2.61. The first-order valence-corrected chi connectivity index (χ1v) is 47.3. The predicted molar refractivity (Wildman–Crippen MR) is 498 cm³/mol. The second kappa shape index (κ2) is 49.5. The molecule has 6 aliphatic rings. The highest BCUT2D eigenvalue weighted by atomic mass is 16.6. The summed E-state index contributed by atoms with van der Waals surface area (Å²) in [5, 5.41) is 38.9. The number of aliphatic hydroxyl groups is 2. The first kappa shape index (κ1) is 102. The molecule has 5 amide bonds. The molecule has 38 nitrogen and oxygen atoms in total. The summed E-state index contributed by atoms with van der Waals surface area (Å²) in [7, 11) is 4.46. The van der Waals surface area contributed by atoms with Crippen LogP contribution in [0, 0.1) is 35.5 Å². The molecule has 4 saturated heterocycles. The number of cyclic esters (lactones) is 1. The number of nitrogens with two attached hydrogens (primary N) is 1. The number of aryl methyl sites for hydroxylation is 1. The summed E-state index contributed by atoms with van der Waals surface area (Å²) in [5.74, 6) is -7.87. The number of carbonyl (C=O) groups excluding carboxylic acids is 9. The number of nitrogens with zero attached hydrogens (tertiary/aromatic N) is 14. The monoisotopic (exact) mass is 1860 g/mol. The molecule has 5 fully saturated rings. The van der Waals surface area contributed by atoms with Crippen molar-refractivity contribution >= 4 is 92.8 Å². The van der Waals surface area contributed by atoms with Crippen LogP contribution in [0.2, 0.25) is 0 Å². The Morgan fingerprint density at radius 2 is 1.45 bits per heavy atom. The molecule has 0 radical (unpaired) electrons.